The maximum atomic E-state index is 13.1. The predicted octanol–water partition coefficient (Wildman–Crippen LogP) is 6.12. The Morgan fingerprint density at radius 3 is 2.49 bits per heavy atom. The second-order valence-electron chi connectivity index (χ2n) is 10.4. The largest absolute Gasteiger partial charge is 0.378 e. The topological polar surface area (TPSA) is 89.2 Å². The fourth-order valence-corrected chi connectivity index (χ4v) is 5.16. The van der Waals surface area contributed by atoms with Crippen molar-refractivity contribution in [2.45, 2.75) is 32.5 Å². The van der Waals surface area contributed by atoms with Gasteiger partial charge in [-0.3, -0.25) is 4.79 Å². The minimum absolute atomic E-state index is 0.132. The third-order valence-electron chi connectivity index (χ3n) is 6.79. The van der Waals surface area contributed by atoms with Gasteiger partial charge in [-0.05, 0) is 72.7 Å². The first-order valence-electron chi connectivity index (χ1n) is 13.7. The zero-order valence-electron chi connectivity index (χ0n) is 24.2. The van der Waals surface area contributed by atoms with Crippen molar-refractivity contribution in [3.63, 3.8) is 0 Å². The number of anilines is 2. The summed E-state index contributed by atoms with van der Waals surface area (Å²) in [4.78, 5) is 21.3. The van der Waals surface area contributed by atoms with Crippen molar-refractivity contribution in [3.8, 4) is 6.07 Å². The summed E-state index contributed by atoms with van der Waals surface area (Å²) < 4.78 is 1.93. The van der Waals surface area contributed by atoms with Gasteiger partial charge in [-0.1, -0.05) is 47.5 Å². The molecular weight excluding hydrogens is 601 g/mol. The van der Waals surface area contributed by atoms with Crippen LogP contribution in [0.5, 0.6) is 0 Å². The van der Waals surface area contributed by atoms with Crippen molar-refractivity contribution in [1.29, 1.82) is 5.26 Å². The first-order valence-corrected chi connectivity index (χ1v) is 14.8. The maximum Gasteiger partial charge on any atom is 0.226 e. The Kier molecular flexibility index (Phi) is 11.0. The molecule has 1 heterocycles. The Morgan fingerprint density at radius 2 is 1.81 bits per heavy atom. The van der Waals surface area contributed by atoms with E-state index in [9.17, 15) is 4.79 Å². The first-order chi connectivity index (χ1) is 20.6. The molecule has 1 atom stereocenters. The fraction of sp³-hybridized carbons (Fsp3) is 0.250. The van der Waals surface area contributed by atoms with Gasteiger partial charge in [-0.2, -0.15) is 5.26 Å². The summed E-state index contributed by atoms with van der Waals surface area (Å²) in [5, 5.41) is 16.9. The number of imidazole rings is 1. The number of amides is 1. The number of nitrogens with zero attached hydrogens (tertiary/aromatic N) is 5. The second-order valence-corrected chi connectivity index (χ2v) is 11.6. The van der Waals surface area contributed by atoms with Gasteiger partial charge in [0.25, 0.3) is 0 Å². The number of hydrogen-bond donors (Lipinski definition) is 2. The number of thiocarbonyl (C=S) groups is 1. The summed E-state index contributed by atoms with van der Waals surface area (Å²) in [5.74, 6) is -0.132. The third-order valence-corrected chi connectivity index (χ3v) is 8.01. The Labute approximate surface area is 267 Å². The average Bonchev–Trinajstić information content (AvgIpc) is 3.41. The molecule has 0 spiro atoms. The van der Waals surface area contributed by atoms with Crippen molar-refractivity contribution in [1.82, 2.24) is 19.8 Å². The molecule has 3 aromatic carbocycles. The Hall–Kier alpha value is -4.10. The summed E-state index contributed by atoms with van der Waals surface area (Å²) in [7, 11) is 3.98. The quantitative estimate of drug-likeness (QED) is 0.192. The summed E-state index contributed by atoms with van der Waals surface area (Å²) in [6, 6.07) is 22.7. The molecule has 0 saturated carbocycles. The molecule has 0 fully saturated rings. The lowest BCUT2D eigenvalue weighted by Gasteiger charge is -2.29. The minimum Gasteiger partial charge on any atom is -0.378 e. The van der Waals surface area contributed by atoms with Gasteiger partial charge < -0.3 is 25.0 Å². The summed E-state index contributed by atoms with van der Waals surface area (Å²) >= 11 is 18.6. The van der Waals surface area contributed by atoms with E-state index in [-0.39, 0.29) is 18.4 Å². The van der Waals surface area contributed by atoms with E-state index in [0.29, 0.717) is 40.4 Å². The van der Waals surface area contributed by atoms with Crippen LogP contribution in [0.3, 0.4) is 0 Å². The van der Waals surface area contributed by atoms with Crippen molar-refractivity contribution in [3.05, 3.63) is 112 Å². The molecule has 8 nitrogen and oxygen atoms in total. The molecule has 0 aliphatic carbocycles. The highest BCUT2D eigenvalue weighted by Crippen LogP contribution is 2.27. The molecule has 0 unspecified atom stereocenters. The predicted molar refractivity (Wildman–Crippen MR) is 178 cm³/mol. The lowest BCUT2D eigenvalue weighted by atomic mass is 10.1. The van der Waals surface area contributed by atoms with Crippen LogP contribution in [0.25, 0.3) is 0 Å². The van der Waals surface area contributed by atoms with E-state index in [0.717, 1.165) is 28.2 Å². The van der Waals surface area contributed by atoms with Gasteiger partial charge in [-0.25, -0.2) is 4.98 Å². The highest BCUT2D eigenvalue weighted by atomic mass is 35.5. The van der Waals surface area contributed by atoms with Crippen LogP contribution < -0.4 is 15.5 Å². The zero-order chi connectivity index (χ0) is 30.9. The minimum atomic E-state index is -0.240. The third kappa shape index (κ3) is 8.94. The van der Waals surface area contributed by atoms with Crippen LogP contribution in [0.2, 0.25) is 10.0 Å². The van der Waals surface area contributed by atoms with Gasteiger partial charge in [0, 0.05) is 63.0 Å². The number of carbonyl (C=O) groups excluding carboxylic acids is 1. The Bertz CT molecular complexity index is 1600. The molecule has 43 heavy (non-hydrogen) atoms. The molecule has 0 saturated heterocycles. The molecule has 0 aliphatic rings. The Balaban J connectivity index is 1.42. The molecule has 222 valence electrons. The van der Waals surface area contributed by atoms with E-state index in [2.05, 4.69) is 21.7 Å². The Morgan fingerprint density at radius 1 is 1.09 bits per heavy atom. The molecule has 1 aromatic heterocycles. The van der Waals surface area contributed by atoms with Crippen molar-refractivity contribution >= 4 is 57.8 Å². The lowest BCUT2D eigenvalue weighted by molar-refractivity contribution is -0.121. The number of nitrogens with one attached hydrogen (secondary N) is 2. The summed E-state index contributed by atoms with van der Waals surface area (Å²) in [5.41, 5.74) is 5.16. The molecule has 1 amide bonds. The number of carbonyl (C=O) groups is 1. The van der Waals surface area contributed by atoms with Gasteiger partial charge in [0.2, 0.25) is 5.91 Å². The standard InChI is InChI=1S/C32H33Cl2N7OS/c1-22(37-30(42)15-28-17-36-21-41(28)19-24-9-7-23(16-35)8-10-24)18-40(20-25-5-4-6-29(33)31(25)34)32(43)38-26-11-13-27(14-12-26)39(2)3/h4-14,17,21-22H,15,18-20H2,1-3H3,(H,37,42)(H,38,43)/t22-/m0/s1. The van der Waals surface area contributed by atoms with E-state index >= 15 is 0 Å². The van der Waals surface area contributed by atoms with Crippen LogP contribution in [0.1, 0.15) is 29.3 Å². The van der Waals surface area contributed by atoms with Crippen LogP contribution >= 0.6 is 35.4 Å². The number of nitriles is 1. The SMILES string of the molecule is C[C@@H](CN(Cc1cccc(Cl)c1Cl)C(=S)Nc1ccc(N(C)C)cc1)NC(=O)Cc1cncn1Cc1ccc(C#N)cc1. The van der Waals surface area contributed by atoms with Crippen LogP contribution in [0.15, 0.2) is 79.3 Å². The maximum absolute atomic E-state index is 13.1. The molecule has 0 aliphatic heterocycles. The van der Waals surface area contributed by atoms with Crippen LogP contribution in [-0.2, 0) is 24.3 Å². The van der Waals surface area contributed by atoms with Gasteiger partial charge in [0.1, 0.15) is 0 Å². The van der Waals surface area contributed by atoms with Crippen LogP contribution in [0, 0.1) is 11.3 Å². The zero-order valence-corrected chi connectivity index (χ0v) is 26.5. The van der Waals surface area contributed by atoms with Crippen molar-refractivity contribution in [2.75, 3.05) is 30.9 Å². The second kappa shape index (κ2) is 14.9. The fourth-order valence-electron chi connectivity index (χ4n) is 4.53. The van der Waals surface area contributed by atoms with Gasteiger partial charge >= 0.3 is 0 Å². The van der Waals surface area contributed by atoms with Crippen LogP contribution in [-0.4, -0.2) is 52.2 Å². The first kappa shape index (κ1) is 31.8. The van der Waals surface area contributed by atoms with Crippen LogP contribution in [0.4, 0.5) is 11.4 Å². The summed E-state index contributed by atoms with van der Waals surface area (Å²) in [6.07, 6.45) is 3.57. The highest BCUT2D eigenvalue weighted by Gasteiger charge is 2.19. The van der Waals surface area contributed by atoms with E-state index < -0.39 is 0 Å². The van der Waals surface area contributed by atoms with Gasteiger partial charge in [0.05, 0.1) is 34.4 Å². The van der Waals surface area contributed by atoms with E-state index in [4.69, 9.17) is 40.7 Å². The molecule has 0 radical (unpaired) electrons. The molecule has 4 rings (SSSR count). The van der Waals surface area contributed by atoms with Gasteiger partial charge in [-0.15, -0.1) is 0 Å². The molecule has 0 bridgehead atoms. The molecule has 4 aromatic rings. The molecular formula is C32H33Cl2N7OS. The lowest BCUT2D eigenvalue weighted by Crippen LogP contribution is -2.45. The number of hydrogen-bond acceptors (Lipinski definition) is 5. The van der Waals surface area contributed by atoms with E-state index in [1.165, 1.54) is 0 Å². The normalized spacial score (nSPS) is 11.3. The number of aromatic nitrogens is 2. The molecule has 2 N–H and O–H groups in total. The number of benzene rings is 3. The van der Waals surface area contributed by atoms with E-state index in [1.807, 2.05) is 83.9 Å². The highest BCUT2D eigenvalue weighted by molar-refractivity contribution is 7.80. The van der Waals surface area contributed by atoms with Crippen molar-refractivity contribution in [2.24, 2.45) is 0 Å². The average molecular weight is 635 g/mol. The monoisotopic (exact) mass is 633 g/mol. The number of halogens is 2. The summed E-state index contributed by atoms with van der Waals surface area (Å²) in [6.45, 7) is 3.32. The molecule has 11 heteroatoms. The van der Waals surface area contributed by atoms with Gasteiger partial charge in [0.15, 0.2) is 5.11 Å². The smallest absolute Gasteiger partial charge is 0.226 e. The number of rotatable bonds is 11. The van der Waals surface area contributed by atoms with E-state index in [1.54, 1.807) is 30.7 Å². The van der Waals surface area contributed by atoms with Crippen molar-refractivity contribution < 1.29 is 4.79 Å².